The molecule has 18 heavy (non-hydrogen) atoms. The summed E-state index contributed by atoms with van der Waals surface area (Å²) in [6, 6.07) is 7.09. The first-order valence-corrected chi connectivity index (χ1v) is 6.10. The number of ether oxygens (including phenoxy) is 1. The van der Waals surface area contributed by atoms with Gasteiger partial charge in [0, 0.05) is 25.2 Å². The van der Waals surface area contributed by atoms with Crippen LogP contribution in [-0.2, 0) is 0 Å². The number of carbonyl (C=O) groups excluding carboxylic acids is 1. The maximum absolute atomic E-state index is 11.8. The Hall–Kier alpha value is -1.59. The van der Waals surface area contributed by atoms with Crippen molar-refractivity contribution >= 4 is 5.91 Å². The minimum atomic E-state index is -0.123. The number of benzene rings is 1. The molecule has 100 valence electrons. The van der Waals surface area contributed by atoms with Crippen molar-refractivity contribution < 1.29 is 14.6 Å². The Labute approximate surface area is 107 Å². The Morgan fingerprint density at radius 1 is 1.33 bits per heavy atom. The summed E-state index contributed by atoms with van der Waals surface area (Å²) in [5.74, 6) is 0.575. The summed E-state index contributed by atoms with van der Waals surface area (Å²) in [7, 11) is 0. The van der Waals surface area contributed by atoms with Crippen molar-refractivity contribution in [2.24, 2.45) is 0 Å². The van der Waals surface area contributed by atoms with Gasteiger partial charge >= 0.3 is 0 Å². The molecule has 0 aliphatic carbocycles. The number of hydrogen-bond acceptors (Lipinski definition) is 4. The molecule has 1 amide bonds. The minimum absolute atomic E-state index is 0.102. The van der Waals surface area contributed by atoms with Crippen LogP contribution in [-0.4, -0.2) is 43.9 Å². The molecular formula is C13H20N2O3. The fourth-order valence-electron chi connectivity index (χ4n) is 1.46. The van der Waals surface area contributed by atoms with E-state index in [2.05, 4.69) is 10.6 Å². The van der Waals surface area contributed by atoms with Gasteiger partial charge in [-0.15, -0.1) is 0 Å². The molecule has 0 saturated heterocycles. The highest BCUT2D eigenvalue weighted by Gasteiger charge is 2.05. The van der Waals surface area contributed by atoms with Gasteiger partial charge in [0.25, 0.3) is 5.91 Å². The van der Waals surface area contributed by atoms with E-state index in [1.54, 1.807) is 18.2 Å². The number of rotatable bonds is 8. The van der Waals surface area contributed by atoms with Crippen molar-refractivity contribution in [1.29, 1.82) is 0 Å². The number of hydrogen-bond donors (Lipinski definition) is 3. The molecule has 0 spiro atoms. The van der Waals surface area contributed by atoms with E-state index in [4.69, 9.17) is 9.84 Å². The Morgan fingerprint density at radius 3 is 2.89 bits per heavy atom. The Kier molecular flexibility index (Phi) is 6.83. The summed E-state index contributed by atoms with van der Waals surface area (Å²) in [6.07, 6.45) is 0. The second kappa shape index (κ2) is 8.49. The normalized spacial score (nSPS) is 10.1. The van der Waals surface area contributed by atoms with Crippen LogP contribution in [0.3, 0.4) is 0 Å². The number of aliphatic hydroxyl groups is 1. The highest BCUT2D eigenvalue weighted by Crippen LogP contribution is 2.12. The van der Waals surface area contributed by atoms with Gasteiger partial charge in [-0.05, 0) is 25.1 Å². The molecule has 0 radical (unpaired) electrons. The van der Waals surface area contributed by atoms with Crippen LogP contribution in [0.2, 0.25) is 0 Å². The van der Waals surface area contributed by atoms with Gasteiger partial charge in [-0.1, -0.05) is 6.07 Å². The molecule has 0 atom stereocenters. The standard InChI is InChI=1S/C13H20N2O3/c1-2-18-12-5-3-4-11(10-12)13(17)15-7-6-14-8-9-16/h3-5,10,14,16H,2,6-9H2,1H3,(H,15,17). The summed E-state index contributed by atoms with van der Waals surface area (Å²) in [5.41, 5.74) is 0.586. The lowest BCUT2D eigenvalue weighted by Crippen LogP contribution is -2.32. The van der Waals surface area contributed by atoms with Crippen molar-refractivity contribution in [3.8, 4) is 5.75 Å². The molecule has 1 aromatic rings. The smallest absolute Gasteiger partial charge is 0.251 e. The van der Waals surface area contributed by atoms with Gasteiger partial charge in [0.15, 0.2) is 0 Å². The van der Waals surface area contributed by atoms with Crippen LogP contribution in [0.4, 0.5) is 0 Å². The largest absolute Gasteiger partial charge is 0.494 e. The van der Waals surface area contributed by atoms with Crippen LogP contribution in [0.25, 0.3) is 0 Å². The third kappa shape index (κ3) is 5.16. The molecule has 1 rings (SSSR count). The Bertz CT molecular complexity index is 369. The van der Waals surface area contributed by atoms with Gasteiger partial charge in [-0.25, -0.2) is 0 Å². The number of nitrogens with one attached hydrogen (secondary N) is 2. The van der Waals surface area contributed by atoms with E-state index < -0.39 is 0 Å². The number of aliphatic hydroxyl groups excluding tert-OH is 1. The van der Waals surface area contributed by atoms with E-state index in [1.165, 1.54) is 0 Å². The SMILES string of the molecule is CCOc1cccc(C(=O)NCCNCCO)c1. The van der Waals surface area contributed by atoms with Crippen LogP contribution in [0.5, 0.6) is 5.75 Å². The van der Waals surface area contributed by atoms with Crippen molar-refractivity contribution in [1.82, 2.24) is 10.6 Å². The van der Waals surface area contributed by atoms with E-state index in [1.807, 2.05) is 13.0 Å². The molecule has 0 saturated carbocycles. The molecule has 0 aromatic heterocycles. The average Bonchev–Trinajstić information content (AvgIpc) is 2.39. The fourth-order valence-corrected chi connectivity index (χ4v) is 1.46. The Balaban J connectivity index is 2.38. The molecule has 5 nitrogen and oxygen atoms in total. The van der Waals surface area contributed by atoms with Gasteiger partial charge in [0.2, 0.25) is 0 Å². The lowest BCUT2D eigenvalue weighted by molar-refractivity contribution is 0.0953. The maximum atomic E-state index is 11.8. The van der Waals surface area contributed by atoms with Crippen molar-refractivity contribution in [3.63, 3.8) is 0 Å². The molecule has 0 aliphatic rings. The zero-order valence-corrected chi connectivity index (χ0v) is 10.6. The topological polar surface area (TPSA) is 70.6 Å². The van der Waals surface area contributed by atoms with Crippen LogP contribution in [0.15, 0.2) is 24.3 Å². The Morgan fingerprint density at radius 2 is 2.17 bits per heavy atom. The first-order valence-electron chi connectivity index (χ1n) is 6.10. The van der Waals surface area contributed by atoms with E-state index in [9.17, 15) is 4.79 Å². The molecule has 0 fully saturated rings. The molecule has 0 aliphatic heterocycles. The monoisotopic (exact) mass is 252 g/mol. The van der Waals surface area contributed by atoms with Crippen molar-refractivity contribution in [2.75, 3.05) is 32.8 Å². The quantitative estimate of drug-likeness (QED) is 0.586. The van der Waals surface area contributed by atoms with Crippen molar-refractivity contribution in [3.05, 3.63) is 29.8 Å². The molecule has 5 heteroatoms. The predicted molar refractivity (Wildman–Crippen MR) is 69.9 cm³/mol. The molecule has 0 unspecified atom stereocenters. The van der Waals surface area contributed by atoms with E-state index in [0.717, 1.165) is 0 Å². The summed E-state index contributed by atoms with van der Waals surface area (Å²) in [5, 5.41) is 14.3. The van der Waals surface area contributed by atoms with Gasteiger partial charge in [0.1, 0.15) is 5.75 Å². The molecule has 1 aromatic carbocycles. The van der Waals surface area contributed by atoms with E-state index in [0.29, 0.717) is 37.6 Å². The highest BCUT2D eigenvalue weighted by atomic mass is 16.5. The number of carbonyl (C=O) groups is 1. The van der Waals surface area contributed by atoms with Gasteiger partial charge in [-0.3, -0.25) is 4.79 Å². The second-order valence-corrected chi connectivity index (χ2v) is 3.69. The zero-order chi connectivity index (χ0) is 13.2. The third-order valence-corrected chi connectivity index (χ3v) is 2.28. The van der Waals surface area contributed by atoms with Gasteiger partial charge < -0.3 is 20.5 Å². The van der Waals surface area contributed by atoms with Crippen LogP contribution in [0.1, 0.15) is 17.3 Å². The maximum Gasteiger partial charge on any atom is 0.251 e. The molecule has 3 N–H and O–H groups in total. The lowest BCUT2D eigenvalue weighted by atomic mass is 10.2. The lowest BCUT2D eigenvalue weighted by Gasteiger charge is -2.08. The molecule has 0 heterocycles. The second-order valence-electron chi connectivity index (χ2n) is 3.69. The summed E-state index contributed by atoms with van der Waals surface area (Å²) in [6.45, 7) is 4.28. The summed E-state index contributed by atoms with van der Waals surface area (Å²) >= 11 is 0. The van der Waals surface area contributed by atoms with Crippen LogP contribution >= 0.6 is 0 Å². The summed E-state index contributed by atoms with van der Waals surface area (Å²) < 4.78 is 5.33. The van der Waals surface area contributed by atoms with Crippen LogP contribution in [0, 0.1) is 0 Å². The zero-order valence-electron chi connectivity index (χ0n) is 10.6. The van der Waals surface area contributed by atoms with E-state index >= 15 is 0 Å². The predicted octanol–water partition coefficient (Wildman–Crippen LogP) is 0.397. The molecular weight excluding hydrogens is 232 g/mol. The van der Waals surface area contributed by atoms with Gasteiger partial charge in [0.05, 0.1) is 13.2 Å². The van der Waals surface area contributed by atoms with Gasteiger partial charge in [-0.2, -0.15) is 0 Å². The fraction of sp³-hybridized carbons (Fsp3) is 0.462. The average molecular weight is 252 g/mol. The number of amides is 1. The van der Waals surface area contributed by atoms with Crippen LogP contribution < -0.4 is 15.4 Å². The van der Waals surface area contributed by atoms with E-state index in [-0.39, 0.29) is 12.5 Å². The third-order valence-electron chi connectivity index (χ3n) is 2.28. The summed E-state index contributed by atoms with van der Waals surface area (Å²) in [4.78, 5) is 11.8. The molecule has 0 bridgehead atoms. The van der Waals surface area contributed by atoms with Crippen molar-refractivity contribution in [2.45, 2.75) is 6.92 Å². The minimum Gasteiger partial charge on any atom is -0.494 e. The first kappa shape index (κ1) is 14.5. The first-order chi connectivity index (χ1) is 8.77. The highest BCUT2D eigenvalue weighted by molar-refractivity contribution is 5.94.